The molecule has 2 aromatic rings. The van der Waals surface area contributed by atoms with Crippen molar-refractivity contribution in [2.45, 2.75) is 6.54 Å². The summed E-state index contributed by atoms with van der Waals surface area (Å²) in [5.74, 6) is 2.58. The van der Waals surface area contributed by atoms with Crippen LogP contribution in [0, 0.1) is 0 Å². The summed E-state index contributed by atoms with van der Waals surface area (Å²) in [6.07, 6.45) is 0. The first kappa shape index (κ1) is 14.5. The monoisotopic (exact) mass is 293 g/mol. The summed E-state index contributed by atoms with van der Waals surface area (Å²) in [6, 6.07) is 10.7. The van der Waals surface area contributed by atoms with Crippen LogP contribution in [0.15, 0.2) is 36.4 Å². The zero-order chi connectivity index (χ0) is 14.5. The number of rotatable bonds is 5. The third-order valence-corrected chi connectivity index (χ3v) is 3.03. The van der Waals surface area contributed by atoms with E-state index in [1.54, 1.807) is 50.6 Å². The van der Waals surface area contributed by atoms with Gasteiger partial charge in [0.1, 0.15) is 23.0 Å². The van der Waals surface area contributed by atoms with Crippen LogP contribution < -0.4 is 19.9 Å². The van der Waals surface area contributed by atoms with Crippen molar-refractivity contribution in [2.75, 3.05) is 14.2 Å². The zero-order valence-corrected chi connectivity index (χ0v) is 12.1. The van der Waals surface area contributed by atoms with Gasteiger partial charge in [0.2, 0.25) is 0 Å². The van der Waals surface area contributed by atoms with Crippen molar-refractivity contribution in [3.8, 4) is 23.0 Å². The second-order valence-corrected chi connectivity index (χ2v) is 4.54. The lowest BCUT2D eigenvalue weighted by Crippen LogP contribution is -1.99. The van der Waals surface area contributed by atoms with Crippen LogP contribution in [-0.2, 0) is 6.54 Å². The predicted molar refractivity (Wildman–Crippen MR) is 79.0 cm³/mol. The molecule has 0 saturated carbocycles. The van der Waals surface area contributed by atoms with Gasteiger partial charge < -0.3 is 19.9 Å². The van der Waals surface area contributed by atoms with Crippen molar-refractivity contribution in [2.24, 2.45) is 5.73 Å². The fourth-order valence-corrected chi connectivity index (χ4v) is 1.97. The van der Waals surface area contributed by atoms with Gasteiger partial charge in [-0.05, 0) is 18.2 Å². The molecule has 0 aromatic heterocycles. The van der Waals surface area contributed by atoms with E-state index >= 15 is 0 Å². The maximum Gasteiger partial charge on any atom is 0.134 e. The van der Waals surface area contributed by atoms with Crippen molar-refractivity contribution in [3.05, 3.63) is 47.0 Å². The fraction of sp³-hybridized carbons (Fsp3) is 0.200. The van der Waals surface area contributed by atoms with Gasteiger partial charge in [0, 0.05) is 35.3 Å². The minimum atomic E-state index is 0.344. The Balaban J connectivity index is 2.34. The topological polar surface area (TPSA) is 53.7 Å². The number of benzene rings is 2. The second kappa shape index (κ2) is 6.50. The molecule has 0 aliphatic carbocycles. The lowest BCUT2D eigenvalue weighted by atomic mass is 10.2. The molecule has 0 bridgehead atoms. The summed E-state index contributed by atoms with van der Waals surface area (Å²) in [5.41, 5.74) is 6.53. The van der Waals surface area contributed by atoms with E-state index in [0.717, 1.165) is 5.56 Å². The largest absolute Gasteiger partial charge is 0.496 e. The number of nitrogens with two attached hydrogens (primary N) is 1. The van der Waals surface area contributed by atoms with Crippen molar-refractivity contribution in [1.29, 1.82) is 0 Å². The maximum atomic E-state index is 5.94. The van der Waals surface area contributed by atoms with Gasteiger partial charge in [-0.1, -0.05) is 11.6 Å². The number of methoxy groups -OCH3 is 2. The van der Waals surface area contributed by atoms with Gasteiger partial charge in [-0.25, -0.2) is 0 Å². The van der Waals surface area contributed by atoms with E-state index in [1.165, 1.54) is 0 Å². The fourth-order valence-electron chi connectivity index (χ4n) is 1.77. The van der Waals surface area contributed by atoms with Crippen molar-refractivity contribution in [1.82, 2.24) is 0 Å². The highest BCUT2D eigenvalue weighted by Gasteiger charge is 2.08. The van der Waals surface area contributed by atoms with E-state index in [-0.39, 0.29) is 0 Å². The molecule has 5 heteroatoms. The molecule has 0 fully saturated rings. The van der Waals surface area contributed by atoms with Crippen LogP contribution >= 0.6 is 11.6 Å². The van der Waals surface area contributed by atoms with Crippen LogP contribution in [0.5, 0.6) is 23.0 Å². The van der Waals surface area contributed by atoms with Crippen molar-refractivity contribution >= 4 is 11.6 Å². The van der Waals surface area contributed by atoms with Crippen LogP contribution in [-0.4, -0.2) is 14.2 Å². The Hall–Kier alpha value is -1.91. The van der Waals surface area contributed by atoms with Gasteiger partial charge in [0.25, 0.3) is 0 Å². The Morgan fingerprint density at radius 3 is 2.10 bits per heavy atom. The molecule has 20 heavy (non-hydrogen) atoms. The van der Waals surface area contributed by atoms with E-state index in [0.29, 0.717) is 34.6 Å². The molecular weight excluding hydrogens is 278 g/mol. The summed E-state index contributed by atoms with van der Waals surface area (Å²) in [4.78, 5) is 0. The van der Waals surface area contributed by atoms with E-state index in [4.69, 9.17) is 31.5 Å². The van der Waals surface area contributed by atoms with Gasteiger partial charge in [-0.15, -0.1) is 0 Å². The molecule has 2 N–H and O–H groups in total. The minimum Gasteiger partial charge on any atom is -0.496 e. The van der Waals surface area contributed by atoms with Gasteiger partial charge in [-0.3, -0.25) is 0 Å². The normalized spacial score (nSPS) is 10.2. The molecule has 0 heterocycles. The third kappa shape index (κ3) is 3.35. The SMILES string of the molecule is COc1cc(OC)cc(Oc2ccc(Cl)cc2CN)c1. The summed E-state index contributed by atoms with van der Waals surface area (Å²) in [5, 5.41) is 0.626. The molecule has 0 unspecified atom stereocenters. The molecule has 0 spiro atoms. The Labute approximate surface area is 123 Å². The Morgan fingerprint density at radius 2 is 1.55 bits per heavy atom. The number of hydrogen-bond donors (Lipinski definition) is 1. The Kier molecular flexibility index (Phi) is 4.71. The number of halogens is 1. The highest BCUT2D eigenvalue weighted by atomic mass is 35.5. The maximum absolute atomic E-state index is 5.94. The van der Waals surface area contributed by atoms with E-state index in [9.17, 15) is 0 Å². The summed E-state index contributed by atoms with van der Waals surface area (Å²) in [7, 11) is 3.18. The molecule has 0 aliphatic rings. The zero-order valence-electron chi connectivity index (χ0n) is 11.4. The van der Waals surface area contributed by atoms with Gasteiger partial charge >= 0.3 is 0 Å². The smallest absolute Gasteiger partial charge is 0.134 e. The molecule has 2 aromatic carbocycles. The molecule has 106 valence electrons. The molecule has 4 nitrogen and oxygen atoms in total. The lowest BCUT2D eigenvalue weighted by Gasteiger charge is -2.12. The molecule has 0 amide bonds. The van der Waals surface area contributed by atoms with Crippen molar-refractivity contribution < 1.29 is 14.2 Å². The molecule has 0 saturated heterocycles. The van der Waals surface area contributed by atoms with Gasteiger partial charge in [-0.2, -0.15) is 0 Å². The highest BCUT2D eigenvalue weighted by Crippen LogP contribution is 2.33. The first-order chi connectivity index (χ1) is 9.66. The first-order valence-corrected chi connectivity index (χ1v) is 6.43. The Morgan fingerprint density at radius 1 is 0.950 bits per heavy atom. The second-order valence-electron chi connectivity index (χ2n) is 4.11. The molecule has 0 radical (unpaired) electrons. The number of ether oxygens (including phenoxy) is 3. The first-order valence-electron chi connectivity index (χ1n) is 6.05. The molecule has 0 atom stereocenters. The molecule has 0 aliphatic heterocycles. The summed E-state index contributed by atoms with van der Waals surface area (Å²) >= 11 is 5.94. The van der Waals surface area contributed by atoms with Crippen LogP contribution in [0.1, 0.15) is 5.56 Å². The third-order valence-electron chi connectivity index (χ3n) is 2.80. The summed E-state index contributed by atoms with van der Waals surface area (Å²) < 4.78 is 16.3. The highest BCUT2D eigenvalue weighted by molar-refractivity contribution is 6.30. The lowest BCUT2D eigenvalue weighted by molar-refractivity contribution is 0.386. The minimum absolute atomic E-state index is 0.344. The molecular formula is C15H16ClNO3. The predicted octanol–water partition coefficient (Wildman–Crippen LogP) is 3.61. The number of hydrogen-bond acceptors (Lipinski definition) is 4. The summed E-state index contributed by atoms with van der Waals surface area (Å²) in [6.45, 7) is 0.344. The quantitative estimate of drug-likeness (QED) is 0.915. The van der Waals surface area contributed by atoms with E-state index in [1.807, 2.05) is 0 Å². The van der Waals surface area contributed by atoms with Gasteiger partial charge in [0.15, 0.2) is 0 Å². The Bertz CT molecular complexity index is 579. The standard InChI is InChI=1S/C15H16ClNO3/c1-18-12-6-13(19-2)8-14(7-12)20-15-4-3-11(16)5-10(15)9-17/h3-8H,9,17H2,1-2H3. The van der Waals surface area contributed by atoms with E-state index < -0.39 is 0 Å². The van der Waals surface area contributed by atoms with Gasteiger partial charge in [0.05, 0.1) is 14.2 Å². The van der Waals surface area contributed by atoms with Crippen LogP contribution in [0.2, 0.25) is 5.02 Å². The van der Waals surface area contributed by atoms with Crippen molar-refractivity contribution in [3.63, 3.8) is 0 Å². The average molecular weight is 294 g/mol. The van der Waals surface area contributed by atoms with Crippen LogP contribution in [0.3, 0.4) is 0 Å². The van der Waals surface area contributed by atoms with E-state index in [2.05, 4.69) is 0 Å². The van der Waals surface area contributed by atoms with Crippen LogP contribution in [0.4, 0.5) is 0 Å². The molecule has 2 rings (SSSR count). The van der Waals surface area contributed by atoms with Crippen LogP contribution in [0.25, 0.3) is 0 Å². The average Bonchev–Trinajstić information content (AvgIpc) is 2.48.